The van der Waals surface area contributed by atoms with Gasteiger partial charge < -0.3 is 36.8 Å². The fourth-order valence-electron chi connectivity index (χ4n) is 1.93. The number of carbonyl (C=O) groups is 3. The van der Waals surface area contributed by atoms with Crippen LogP contribution in [-0.2, 0) is 14.4 Å². The lowest BCUT2D eigenvalue weighted by atomic mass is 9.93. The summed E-state index contributed by atoms with van der Waals surface area (Å²) in [5.41, 5.74) is 5.68. The number of aliphatic carboxylic acids is 1. The van der Waals surface area contributed by atoms with Crippen molar-refractivity contribution in [1.29, 1.82) is 0 Å². The van der Waals surface area contributed by atoms with Crippen LogP contribution in [-0.4, -0.2) is 68.5 Å². The zero-order valence-corrected chi connectivity index (χ0v) is 13.1. The summed E-state index contributed by atoms with van der Waals surface area (Å²) in [4.78, 5) is 33.0. The Labute approximate surface area is 133 Å². The maximum atomic E-state index is 11.2. The number of carbonyl (C=O) groups excluding carboxylic acids is 2. The molecule has 0 aliphatic carbocycles. The summed E-state index contributed by atoms with van der Waals surface area (Å²) in [6.45, 7) is 3.81. The Hall–Kier alpha value is -2.17. The van der Waals surface area contributed by atoms with Crippen molar-refractivity contribution in [3.8, 4) is 0 Å². The van der Waals surface area contributed by atoms with Crippen molar-refractivity contribution in [2.45, 2.75) is 51.1 Å². The first-order valence-electron chi connectivity index (χ1n) is 6.77. The number of aliphatic hydroxyl groups is 3. The summed E-state index contributed by atoms with van der Waals surface area (Å²) in [7, 11) is 0. The van der Waals surface area contributed by atoms with Crippen molar-refractivity contribution in [2.24, 2.45) is 5.73 Å². The standard InChI is InChI=1S/C13H23N3O7/c1-5(14)10(15-6(2)17)12(21)11(16-7(3)18)8(19)4-9(20)13(22)23/h4-5,8,10-12,19-21H,14H2,1-3H3,(H,15,17)(H,16,18)(H,22,23)/b9-4-/t5-,8+,10-,11-,12+/m1/s1. The molecule has 0 aromatic carbocycles. The summed E-state index contributed by atoms with van der Waals surface area (Å²) in [6, 6.07) is -3.18. The first-order valence-corrected chi connectivity index (χ1v) is 6.77. The molecule has 8 N–H and O–H groups in total. The second-order valence-electron chi connectivity index (χ2n) is 5.15. The molecule has 0 saturated carbocycles. The molecule has 10 heteroatoms. The molecule has 0 rings (SSSR count). The number of aliphatic hydroxyl groups excluding tert-OH is 3. The summed E-state index contributed by atoms with van der Waals surface area (Å²) in [5, 5.41) is 42.7. The zero-order valence-electron chi connectivity index (χ0n) is 13.1. The van der Waals surface area contributed by atoms with Gasteiger partial charge in [-0.1, -0.05) is 0 Å². The van der Waals surface area contributed by atoms with E-state index in [1.165, 1.54) is 13.8 Å². The van der Waals surface area contributed by atoms with Crippen LogP contribution in [0.1, 0.15) is 20.8 Å². The number of carboxylic acids is 1. The Morgan fingerprint density at radius 2 is 1.43 bits per heavy atom. The highest BCUT2D eigenvalue weighted by atomic mass is 16.4. The molecule has 0 aromatic heterocycles. The lowest BCUT2D eigenvalue weighted by molar-refractivity contribution is -0.135. The van der Waals surface area contributed by atoms with Crippen molar-refractivity contribution in [3.05, 3.63) is 11.8 Å². The summed E-state index contributed by atoms with van der Waals surface area (Å²) >= 11 is 0. The van der Waals surface area contributed by atoms with Crippen LogP contribution in [0, 0.1) is 0 Å². The van der Waals surface area contributed by atoms with Gasteiger partial charge in [-0.15, -0.1) is 0 Å². The van der Waals surface area contributed by atoms with Gasteiger partial charge in [0.15, 0.2) is 5.76 Å². The third-order valence-electron chi connectivity index (χ3n) is 2.96. The van der Waals surface area contributed by atoms with E-state index in [0.717, 1.165) is 6.92 Å². The van der Waals surface area contributed by atoms with E-state index < -0.39 is 53.9 Å². The van der Waals surface area contributed by atoms with Crippen LogP contribution in [0.4, 0.5) is 0 Å². The molecule has 5 atom stereocenters. The number of nitrogens with one attached hydrogen (secondary N) is 2. The highest BCUT2D eigenvalue weighted by Crippen LogP contribution is 2.10. The molecule has 23 heavy (non-hydrogen) atoms. The van der Waals surface area contributed by atoms with Gasteiger partial charge in [0.25, 0.3) is 0 Å². The van der Waals surface area contributed by atoms with E-state index in [0.29, 0.717) is 6.08 Å². The lowest BCUT2D eigenvalue weighted by Crippen LogP contribution is -2.62. The molecule has 132 valence electrons. The molecular formula is C13H23N3O7. The second kappa shape index (κ2) is 9.08. The van der Waals surface area contributed by atoms with E-state index in [1.807, 2.05) is 0 Å². The van der Waals surface area contributed by atoms with E-state index >= 15 is 0 Å². The normalized spacial score (nSPS) is 18.3. The first-order chi connectivity index (χ1) is 10.5. The van der Waals surface area contributed by atoms with Gasteiger partial charge in [0.05, 0.1) is 24.3 Å². The second-order valence-corrected chi connectivity index (χ2v) is 5.15. The molecule has 0 unspecified atom stereocenters. The Morgan fingerprint density at radius 1 is 1.00 bits per heavy atom. The van der Waals surface area contributed by atoms with E-state index in [9.17, 15) is 24.6 Å². The van der Waals surface area contributed by atoms with Crippen molar-refractivity contribution in [2.75, 3.05) is 0 Å². The monoisotopic (exact) mass is 333 g/mol. The minimum absolute atomic E-state index is 0.494. The van der Waals surface area contributed by atoms with Gasteiger partial charge in [-0.25, -0.2) is 4.79 Å². The largest absolute Gasteiger partial charge is 0.502 e. The third-order valence-corrected chi connectivity index (χ3v) is 2.96. The quantitative estimate of drug-likeness (QED) is 0.189. The average Bonchev–Trinajstić information content (AvgIpc) is 2.40. The summed E-state index contributed by atoms with van der Waals surface area (Å²) < 4.78 is 0. The van der Waals surface area contributed by atoms with Crippen LogP contribution >= 0.6 is 0 Å². The van der Waals surface area contributed by atoms with Crippen LogP contribution < -0.4 is 16.4 Å². The predicted molar refractivity (Wildman–Crippen MR) is 79.2 cm³/mol. The molecule has 0 aliphatic rings. The minimum Gasteiger partial charge on any atom is -0.502 e. The lowest BCUT2D eigenvalue weighted by Gasteiger charge is -2.34. The van der Waals surface area contributed by atoms with Gasteiger partial charge in [0.1, 0.15) is 0 Å². The number of carboxylic acid groups (broad SMARTS) is 1. The van der Waals surface area contributed by atoms with Gasteiger partial charge in [-0.05, 0) is 13.0 Å². The van der Waals surface area contributed by atoms with Crippen molar-refractivity contribution < 1.29 is 34.8 Å². The molecule has 0 fully saturated rings. The Balaban J connectivity index is 5.50. The van der Waals surface area contributed by atoms with Crippen LogP contribution in [0.5, 0.6) is 0 Å². The Morgan fingerprint density at radius 3 is 1.78 bits per heavy atom. The van der Waals surface area contributed by atoms with Gasteiger partial charge in [-0.3, -0.25) is 9.59 Å². The average molecular weight is 333 g/mol. The third kappa shape index (κ3) is 7.08. The number of amides is 2. The zero-order chi connectivity index (χ0) is 18.3. The summed E-state index contributed by atoms with van der Waals surface area (Å²) in [6.07, 6.45) is -2.73. The number of rotatable bonds is 8. The molecule has 0 radical (unpaired) electrons. The predicted octanol–water partition coefficient (Wildman–Crippen LogP) is -2.41. The number of nitrogens with two attached hydrogens (primary N) is 1. The summed E-state index contributed by atoms with van der Waals surface area (Å²) in [5.74, 6) is -3.96. The fourth-order valence-corrected chi connectivity index (χ4v) is 1.93. The first kappa shape index (κ1) is 20.8. The van der Waals surface area contributed by atoms with Crippen LogP contribution in [0.3, 0.4) is 0 Å². The maximum Gasteiger partial charge on any atom is 0.370 e. The minimum atomic E-state index is -1.74. The Kier molecular flexibility index (Phi) is 8.22. The topological polar surface area (TPSA) is 182 Å². The van der Waals surface area contributed by atoms with Gasteiger partial charge in [0, 0.05) is 19.9 Å². The van der Waals surface area contributed by atoms with Gasteiger partial charge in [0.2, 0.25) is 11.8 Å². The van der Waals surface area contributed by atoms with E-state index in [2.05, 4.69) is 10.6 Å². The van der Waals surface area contributed by atoms with Gasteiger partial charge >= 0.3 is 5.97 Å². The van der Waals surface area contributed by atoms with E-state index in [1.54, 1.807) is 0 Å². The molecule has 0 aliphatic heterocycles. The highest BCUT2D eigenvalue weighted by Gasteiger charge is 2.35. The molecular weight excluding hydrogens is 310 g/mol. The van der Waals surface area contributed by atoms with Crippen LogP contribution in [0.25, 0.3) is 0 Å². The smallest absolute Gasteiger partial charge is 0.370 e. The molecule has 0 heterocycles. The van der Waals surface area contributed by atoms with Crippen molar-refractivity contribution in [1.82, 2.24) is 10.6 Å². The van der Waals surface area contributed by atoms with Crippen molar-refractivity contribution >= 4 is 17.8 Å². The molecule has 0 spiro atoms. The molecule has 0 saturated heterocycles. The maximum absolute atomic E-state index is 11.2. The van der Waals surface area contributed by atoms with Crippen molar-refractivity contribution in [3.63, 3.8) is 0 Å². The van der Waals surface area contributed by atoms with Crippen LogP contribution in [0.15, 0.2) is 11.8 Å². The fraction of sp³-hybridized carbons (Fsp3) is 0.615. The van der Waals surface area contributed by atoms with Gasteiger partial charge in [-0.2, -0.15) is 0 Å². The molecule has 0 bridgehead atoms. The molecule has 0 aromatic rings. The Bertz CT molecular complexity index is 478. The van der Waals surface area contributed by atoms with E-state index in [4.69, 9.17) is 15.9 Å². The SMILES string of the molecule is CC(=O)N[C@@H]([C@H](O)[C@H](NC(C)=O)[C@@H](O)/C=C(\O)C(=O)O)[C@@H](C)N. The number of hydrogen-bond acceptors (Lipinski definition) is 7. The molecule has 2 amide bonds. The van der Waals surface area contributed by atoms with E-state index in [-0.39, 0.29) is 0 Å². The van der Waals surface area contributed by atoms with Crippen LogP contribution in [0.2, 0.25) is 0 Å². The number of hydrogen-bond donors (Lipinski definition) is 7. The highest BCUT2D eigenvalue weighted by molar-refractivity contribution is 5.83. The molecule has 10 nitrogen and oxygen atoms in total.